The van der Waals surface area contributed by atoms with E-state index in [1.807, 2.05) is 0 Å². The molecule has 5 rings (SSSR count). The molecule has 3 saturated heterocycles. The molecule has 4 aliphatic rings. The first-order valence-electron chi connectivity index (χ1n) is 10.4. The van der Waals surface area contributed by atoms with Crippen molar-refractivity contribution >= 4 is 22.0 Å². The van der Waals surface area contributed by atoms with Crippen molar-refractivity contribution in [1.82, 2.24) is 14.1 Å². The Bertz CT molecular complexity index is 976. The molecule has 9 nitrogen and oxygen atoms in total. The van der Waals surface area contributed by atoms with Crippen LogP contribution in [0.2, 0.25) is 0 Å². The lowest BCUT2D eigenvalue weighted by molar-refractivity contribution is -0.128. The van der Waals surface area contributed by atoms with Crippen molar-refractivity contribution in [2.75, 3.05) is 39.4 Å². The van der Waals surface area contributed by atoms with Gasteiger partial charge in [0, 0.05) is 32.2 Å². The van der Waals surface area contributed by atoms with E-state index in [1.54, 1.807) is 24.0 Å². The van der Waals surface area contributed by atoms with Crippen LogP contribution in [0.3, 0.4) is 0 Å². The minimum absolute atomic E-state index is 0.120. The van der Waals surface area contributed by atoms with Crippen LogP contribution in [0.1, 0.15) is 26.2 Å². The third kappa shape index (κ3) is 2.88. The summed E-state index contributed by atoms with van der Waals surface area (Å²) in [5.41, 5.74) is -0.186. The molecule has 3 fully saturated rings. The molecule has 1 aromatic carbocycles. The number of hydrogen-bond acceptors (Lipinski definition) is 6. The van der Waals surface area contributed by atoms with Gasteiger partial charge in [-0.2, -0.15) is 4.31 Å². The largest absolute Gasteiger partial charge is 0.486 e. The number of amides is 3. The Kier molecular flexibility index (Phi) is 4.48. The fraction of sp³-hybridized carbons (Fsp3) is 0.600. The summed E-state index contributed by atoms with van der Waals surface area (Å²) < 4.78 is 38.8. The third-order valence-electron chi connectivity index (χ3n) is 6.79. The Labute approximate surface area is 175 Å². The van der Waals surface area contributed by atoms with Crippen LogP contribution in [0, 0.1) is 5.41 Å². The second-order valence-corrected chi connectivity index (χ2v) is 10.4. The summed E-state index contributed by atoms with van der Waals surface area (Å²) in [4.78, 5) is 28.2. The van der Waals surface area contributed by atoms with Crippen molar-refractivity contribution in [3.63, 3.8) is 0 Å². The lowest BCUT2D eigenvalue weighted by atomic mass is 9.77. The van der Waals surface area contributed by atoms with E-state index in [9.17, 15) is 18.0 Å². The highest BCUT2D eigenvalue weighted by Crippen LogP contribution is 2.47. The maximum atomic E-state index is 13.2. The van der Waals surface area contributed by atoms with E-state index in [4.69, 9.17) is 9.47 Å². The molecule has 0 aromatic heterocycles. The second kappa shape index (κ2) is 6.84. The van der Waals surface area contributed by atoms with Crippen molar-refractivity contribution in [1.29, 1.82) is 0 Å². The average molecular weight is 436 g/mol. The van der Waals surface area contributed by atoms with Crippen LogP contribution < -0.4 is 9.47 Å². The maximum absolute atomic E-state index is 13.2. The predicted octanol–water partition coefficient (Wildman–Crippen LogP) is 1.29. The molecule has 10 heteroatoms. The van der Waals surface area contributed by atoms with Gasteiger partial charge < -0.3 is 14.4 Å². The Morgan fingerprint density at radius 1 is 1.10 bits per heavy atom. The number of nitrogens with zero attached hydrogens (tertiary/aromatic N) is 3. The third-order valence-corrected chi connectivity index (χ3v) is 8.68. The van der Waals surface area contributed by atoms with E-state index in [1.165, 1.54) is 15.3 Å². The number of carbonyl (C=O) groups excluding carboxylic acids is 2. The normalized spacial score (nSPS) is 25.8. The fourth-order valence-corrected chi connectivity index (χ4v) is 6.55. The molecule has 1 unspecified atom stereocenters. The number of benzene rings is 1. The van der Waals surface area contributed by atoms with Gasteiger partial charge >= 0.3 is 6.03 Å². The van der Waals surface area contributed by atoms with E-state index in [-0.39, 0.29) is 22.2 Å². The van der Waals surface area contributed by atoms with Gasteiger partial charge in [0.25, 0.3) is 5.91 Å². The number of carbonyl (C=O) groups is 2. The van der Waals surface area contributed by atoms with Gasteiger partial charge in [-0.05, 0) is 43.7 Å². The number of urea groups is 1. The zero-order chi connectivity index (χ0) is 21.1. The summed E-state index contributed by atoms with van der Waals surface area (Å²) in [6.45, 7) is 4.30. The van der Waals surface area contributed by atoms with Crippen molar-refractivity contribution in [3.8, 4) is 11.5 Å². The molecule has 1 aromatic rings. The molecule has 4 aliphatic heterocycles. The lowest BCUT2D eigenvalue weighted by Crippen LogP contribution is -2.45. The molecule has 0 N–H and O–H groups in total. The number of ether oxygens (including phenoxy) is 2. The van der Waals surface area contributed by atoms with Crippen LogP contribution in [0.5, 0.6) is 11.5 Å². The van der Waals surface area contributed by atoms with Crippen LogP contribution in [-0.2, 0) is 14.8 Å². The van der Waals surface area contributed by atoms with Crippen molar-refractivity contribution in [2.45, 2.75) is 37.1 Å². The number of likely N-dealkylation sites (N-methyl/N-ethyl adjacent to an activating group) is 1. The van der Waals surface area contributed by atoms with Crippen LogP contribution >= 0.6 is 0 Å². The first-order chi connectivity index (χ1) is 14.3. The van der Waals surface area contributed by atoms with E-state index in [2.05, 4.69) is 0 Å². The molecule has 3 amide bonds. The van der Waals surface area contributed by atoms with Gasteiger partial charge in [0.05, 0.1) is 4.90 Å². The molecule has 30 heavy (non-hydrogen) atoms. The first kappa shape index (κ1) is 19.6. The van der Waals surface area contributed by atoms with Crippen molar-refractivity contribution < 1.29 is 27.5 Å². The van der Waals surface area contributed by atoms with Crippen molar-refractivity contribution in [2.24, 2.45) is 5.41 Å². The van der Waals surface area contributed by atoms with Gasteiger partial charge in [0.15, 0.2) is 11.5 Å². The summed E-state index contributed by atoms with van der Waals surface area (Å²) in [5.74, 6) is 0.884. The molecule has 0 aliphatic carbocycles. The number of hydrogen-bond donors (Lipinski definition) is 0. The summed E-state index contributed by atoms with van der Waals surface area (Å²) >= 11 is 0. The number of piperidine rings is 1. The number of rotatable bonds is 3. The van der Waals surface area contributed by atoms with E-state index < -0.39 is 16.1 Å². The fourth-order valence-electron chi connectivity index (χ4n) is 5.09. The molecular weight excluding hydrogens is 410 g/mol. The molecule has 0 saturated carbocycles. The van der Waals surface area contributed by atoms with Crippen LogP contribution in [0.25, 0.3) is 0 Å². The first-order valence-corrected chi connectivity index (χ1v) is 11.8. The SMILES string of the molecule is CCN1C(=O)C2CC3(CCN(S(=O)(=O)c4ccc5c(c4)OCCO5)CC3)CN2C1=O. The Morgan fingerprint density at radius 3 is 2.47 bits per heavy atom. The minimum Gasteiger partial charge on any atom is -0.486 e. The molecule has 0 radical (unpaired) electrons. The van der Waals surface area contributed by atoms with E-state index >= 15 is 0 Å². The lowest BCUT2D eigenvalue weighted by Gasteiger charge is -2.39. The maximum Gasteiger partial charge on any atom is 0.327 e. The van der Waals surface area contributed by atoms with Gasteiger partial charge in [-0.25, -0.2) is 13.2 Å². The highest BCUT2D eigenvalue weighted by atomic mass is 32.2. The number of sulfonamides is 1. The van der Waals surface area contributed by atoms with Gasteiger partial charge in [-0.1, -0.05) is 0 Å². The van der Waals surface area contributed by atoms with Crippen LogP contribution in [0.4, 0.5) is 4.79 Å². The summed E-state index contributed by atoms with van der Waals surface area (Å²) in [6.07, 6.45) is 1.89. The summed E-state index contributed by atoms with van der Waals surface area (Å²) in [5, 5.41) is 0. The standard InChI is InChI=1S/C20H25N3O6S/c1-2-22-18(24)15-12-20(13-23(15)19(22)25)5-7-21(8-6-20)30(26,27)14-3-4-16-17(11-14)29-10-9-28-16/h3-4,11,15H,2,5-10,12-13H2,1H3. The van der Waals surface area contributed by atoms with Crippen molar-refractivity contribution in [3.05, 3.63) is 18.2 Å². The Balaban J connectivity index is 1.30. The zero-order valence-corrected chi connectivity index (χ0v) is 17.7. The monoisotopic (exact) mass is 435 g/mol. The van der Waals surface area contributed by atoms with Gasteiger partial charge in [-0.15, -0.1) is 0 Å². The van der Waals surface area contributed by atoms with Gasteiger partial charge in [0.1, 0.15) is 19.3 Å². The zero-order valence-electron chi connectivity index (χ0n) is 16.9. The van der Waals surface area contributed by atoms with Crippen LogP contribution in [0.15, 0.2) is 23.1 Å². The predicted molar refractivity (Wildman–Crippen MR) is 106 cm³/mol. The minimum atomic E-state index is -3.65. The van der Waals surface area contributed by atoms with Gasteiger partial charge in [-0.3, -0.25) is 9.69 Å². The quantitative estimate of drug-likeness (QED) is 0.664. The van der Waals surface area contributed by atoms with E-state index in [0.29, 0.717) is 70.2 Å². The summed E-state index contributed by atoms with van der Waals surface area (Å²) in [7, 11) is -3.65. The molecular formula is C20H25N3O6S. The van der Waals surface area contributed by atoms with Crippen LogP contribution in [-0.4, -0.2) is 79.9 Å². The topological polar surface area (TPSA) is 96.5 Å². The highest BCUT2D eigenvalue weighted by Gasteiger charge is 2.56. The Morgan fingerprint density at radius 2 is 1.80 bits per heavy atom. The molecule has 1 spiro atoms. The van der Waals surface area contributed by atoms with Gasteiger partial charge in [0.2, 0.25) is 10.0 Å². The molecule has 0 bridgehead atoms. The smallest absolute Gasteiger partial charge is 0.327 e. The second-order valence-electron chi connectivity index (χ2n) is 8.42. The molecule has 4 heterocycles. The molecule has 1 atom stereocenters. The average Bonchev–Trinajstić information content (AvgIpc) is 3.22. The highest BCUT2D eigenvalue weighted by molar-refractivity contribution is 7.89. The molecule has 162 valence electrons. The Hall–Kier alpha value is -2.33. The summed E-state index contributed by atoms with van der Waals surface area (Å²) in [6, 6.07) is 4.11. The van der Waals surface area contributed by atoms with E-state index in [0.717, 1.165) is 0 Å². The number of imide groups is 1. The number of fused-ring (bicyclic) bond motifs is 2.